The van der Waals surface area contributed by atoms with Crippen molar-refractivity contribution in [2.45, 2.75) is 13.3 Å². The van der Waals surface area contributed by atoms with E-state index in [1.54, 1.807) is 0 Å². The molecule has 0 saturated heterocycles. The lowest BCUT2D eigenvalue weighted by atomic mass is 10.1. The van der Waals surface area contributed by atoms with Gasteiger partial charge in [0, 0.05) is 12.0 Å². The molecule has 3 nitrogen and oxygen atoms in total. The van der Waals surface area contributed by atoms with Crippen LogP contribution < -0.4 is 0 Å². The van der Waals surface area contributed by atoms with E-state index in [1.807, 2.05) is 78.3 Å². The number of ketones is 1. The number of hydrogen-bond acceptors (Lipinski definition) is 2. The summed E-state index contributed by atoms with van der Waals surface area (Å²) in [7, 11) is 0. The quantitative estimate of drug-likeness (QED) is 0.671. The van der Waals surface area contributed by atoms with E-state index < -0.39 is 0 Å². The van der Waals surface area contributed by atoms with Crippen LogP contribution in [-0.2, 0) is 0 Å². The first-order valence-electron chi connectivity index (χ1n) is 7.03. The van der Waals surface area contributed by atoms with Crippen LogP contribution in [0.2, 0.25) is 0 Å². The van der Waals surface area contributed by atoms with Gasteiger partial charge < -0.3 is 0 Å². The third kappa shape index (κ3) is 2.63. The van der Waals surface area contributed by atoms with E-state index in [0.29, 0.717) is 12.1 Å². The number of carbonyl (C=O) groups is 1. The lowest BCUT2D eigenvalue weighted by Crippen LogP contribution is -2.02. The Labute approximate surface area is 123 Å². The van der Waals surface area contributed by atoms with Gasteiger partial charge in [-0.2, -0.15) is 5.10 Å². The molecule has 0 bridgehead atoms. The SMILES string of the molecule is CCC(=O)c1cc(-c2ccccc2)n(-c2ccccc2)n1. The van der Waals surface area contributed by atoms with Crippen molar-refractivity contribution in [2.24, 2.45) is 0 Å². The minimum Gasteiger partial charge on any atom is -0.292 e. The second kappa shape index (κ2) is 5.75. The minimum atomic E-state index is 0.0573. The van der Waals surface area contributed by atoms with Crippen LogP contribution in [0.4, 0.5) is 0 Å². The smallest absolute Gasteiger partial charge is 0.182 e. The van der Waals surface area contributed by atoms with Gasteiger partial charge in [-0.25, -0.2) is 4.68 Å². The molecule has 0 unspecified atom stereocenters. The van der Waals surface area contributed by atoms with Gasteiger partial charge in [-0.3, -0.25) is 4.79 Å². The number of nitrogens with zero attached hydrogens (tertiary/aromatic N) is 2. The monoisotopic (exact) mass is 276 g/mol. The van der Waals surface area contributed by atoms with Crippen molar-refractivity contribution in [1.82, 2.24) is 9.78 Å². The van der Waals surface area contributed by atoms with Crippen LogP contribution in [0.3, 0.4) is 0 Å². The van der Waals surface area contributed by atoms with Gasteiger partial charge in [-0.1, -0.05) is 55.5 Å². The van der Waals surface area contributed by atoms with Gasteiger partial charge in [0.05, 0.1) is 11.4 Å². The zero-order chi connectivity index (χ0) is 14.7. The van der Waals surface area contributed by atoms with Crippen LogP contribution in [0.15, 0.2) is 66.7 Å². The maximum Gasteiger partial charge on any atom is 0.182 e. The first-order chi connectivity index (χ1) is 10.3. The third-order valence-electron chi connectivity index (χ3n) is 3.39. The molecule has 104 valence electrons. The Morgan fingerprint density at radius 3 is 2.24 bits per heavy atom. The molecule has 2 aromatic carbocycles. The Morgan fingerprint density at radius 2 is 1.62 bits per heavy atom. The molecule has 3 aromatic rings. The summed E-state index contributed by atoms with van der Waals surface area (Å²) in [5.41, 5.74) is 3.44. The summed E-state index contributed by atoms with van der Waals surface area (Å²) < 4.78 is 1.83. The second-order valence-corrected chi connectivity index (χ2v) is 4.80. The fourth-order valence-corrected chi connectivity index (χ4v) is 2.28. The van der Waals surface area contributed by atoms with Gasteiger partial charge in [-0.05, 0) is 18.2 Å². The van der Waals surface area contributed by atoms with Crippen LogP contribution >= 0.6 is 0 Å². The largest absolute Gasteiger partial charge is 0.292 e. The summed E-state index contributed by atoms with van der Waals surface area (Å²) in [5, 5.41) is 4.49. The zero-order valence-electron chi connectivity index (χ0n) is 11.9. The van der Waals surface area contributed by atoms with Gasteiger partial charge in [-0.15, -0.1) is 0 Å². The van der Waals surface area contributed by atoms with Crippen LogP contribution in [0.25, 0.3) is 16.9 Å². The summed E-state index contributed by atoms with van der Waals surface area (Å²) in [4.78, 5) is 12.0. The van der Waals surface area contributed by atoms with E-state index >= 15 is 0 Å². The summed E-state index contributed by atoms with van der Waals surface area (Å²) >= 11 is 0. The maximum atomic E-state index is 12.0. The summed E-state index contributed by atoms with van der Waals surface area (Å²) in [5.74, 6) is 0.0573. The number of benzene rings is 2. The highest BCUT2D eigenvalue weighted by Crippen LogP contribution is 2.24. The molecule has 0 amide bonds. The molecule has 3 rings (SSSR count). The van der Waals surface area contributed by atoms with Gasteiger partial charge in [0.15, 0.2) is 5.78 Å². The predicted molar refractivity (Wildman–Crippen MR) is 83.6 cm³/mol. The average molecular weight is 276 g/mol. The molecule has 0 atom stereocenters. The van der Waals surface area contributed by atoms with Crippen LogP contribution in [0.1, 0.15) is 23.8 Å². The highest BCUT2D eigenvalue weighted by atomic mass is 16.1. The van der Waals surface area contributed by atoms with Gasteiger partial charge in [0.25, 0.3) is 0 Å². The normalized spacial score (nSPS) is 10.5. The Hall–Kier alpha value is -2.68. The summed E-state index contributed by atoms with van der Waals surface area (Å²) in [6.07, 6.45) is 0.458. The van der Waals surface area contributed by atoms with E-state index in [9.17, 15) is 4.79 Å². The highest BCUT2D eigenvalue weighted by molar-refractivity contribution is 5.95. The van der Waals surface area contributed by atoms with Crippen molar-refractivity contribution < 1.29 is 4.79 Å². The molecule has 0 fully saturated rings. The second-order valence-electron chi connectivity index (χ2n) is 4.80. The molecule has 0 aliphatic rings. The van der Waals surface area contributed by atoms with Gasteiger partial charge >= 0.3 is 0 Å². The van der Waals surface area contributed by atoms with Crippen LogP contribution in [0, 0.1) is 0 Å². The summed E-state index contributed by atoms with van der Waals surface area (Å²) in [6, 6.07) is 21.7. The molecule has 0 spiro atoms. The first kappa shape index (κ1) is 13.3. The van der Waals surface area contributed by atoms with Crippen LogP contribution in [-0.4, -0.2) is 15.6 Å². The van der Waals surface area contributed by atoms with Crippen LogP contribution in [0.5, 0.6) is 0 Å². The van der Waals surface area contributed by atoms with E-state index in [-0.39, 0.29) is 5.78 Å². The molecule has 1 heterocycles. The predicted octanol–water partition coefficient (Wildman–Crippen LogP) is 4.13. The Kier molecular flexibility index (Phi) is 3.65. The molecule has 0 N–H and O–H groups in total. The molecular formula is C18H16N2O. The molecule has 0 saturated carbocycles. The highest BCUT2D eigenvalue weighted by Gasteiger charge is 2.15. The van der Waals surface area contributed by atoms with Crippen molar-refractivity contribution in [3.63, 3.8) is 0 Å². The Morgan fingerprint density at radius 1 is 1.00 bits per heavy atom. The lowest BCUT2D eigenvalue weighted by Gasteiger charge is -2.07. The Bertz CT molecular complexity index is 688. The van der Waals surface area contributed by atoms with Crippen molar-refractivity contribution in [3.8, 4) is 16.9 Å². The van der Waals surface area contributed by atoms with Crippen molar-refractivity contribution in [2.75, 3.05) is 0 Å². The Balaban J connectivity index is 2.18. The topological polar surface area (TPSA) is 34.9 Å². The molecule has 0 aliphatic heterocycles. The number of rotatable bonds is 4. The van der Waals surface area contributed by atoms with E-state index in [2.05, 4.69) is 5.10 Å². The van der Waals surface area contributed by atoms with Gasteiger partial charge in [0.1, 0.15) is 5.69 Å². The number of aromatic nitrogens is 2. The first-order valence-corrected chi connectivity index (χ1v) is 7.03. The third-order valence-corrected chi connectivity index (χ3v) is 3.39. The lowest BCUT2D eigenvalue weighted by molar-refractivity contribution is 0.0983. The number of Topliss-reactive ketones (excluding diaryl/α,β-unsaturated/α-hetero) is 1. The molecule has 21 heavy (non-hydrogen) atoms. The molecule has 3 heteroatoms. The van der Waals surface area contributed by atoms with Crippen molar-refractivity contribution >= 4 is 5.78 Å². The molecular weight excluding hydrogens is 260 g/mol. The standard InChI is InChI=1S/C18H16N2O/c1-2-18(21)16-13-17(14-9-5-3-6-10-14)20(19-16)15-11-7-4-8-12-15/h3-13H,2H2,1H3. The fourth-order valence-electron chi connectivity index (χ4n) is 2.28. The molecule has 0 aliphatic carbocycles. The number of para-hydroxylation sites is 1. The average Bonchev–Trinajstić information content (AvgIpc) is 3.01. The fraction of sp³-hybridized carbons (Fsp3) is 0.111. The van der Waals surface area contributed by atoms with E-state index in [1.165, 1.54) is 0 Å². The number of carbonyl (C=O) groups excluding carboxylic acids is 1. The van der Waals surface area contributed by atoms with Gasteiger partial charge in [0.2, 0.25) is 0 Å². The maximum absolute atomic E-state index is 12.0. The molecule has 1 aromatic heterocycles. The number of hydrogen-bond donors (Lipinski definition) is 0. The summed E-state index contributed by atoms with van der Waals surface area (Å²) in [6.45, 7) is 1.85. The van der Waals surface area contributed by atoms with E-state index in [4.69, 9.17) is 0 Å². The minimum absolute atomic E-state index is 0.0573. The van der Waals surface area contributed by atoms with Crippen molar-refractivity contribution in [1.29, 1.82) is 0 Å². The zero-order valence-corrected chi connectivity index (χ0v) is 11.9. The van der Waals surface area contributed by atoms with E-state index in [0.717, 1.165) is 16.9 Å². The molecule has 0 radical (unpaired) electrons. The van der Waals surface area contributed by atoms with Crippen molar-refractivity contribution in [3.05, 3.63) is 72.4 Å².